The third kappa shape index (κ3) is 1.86. The van der Waals surface area contributed by atoms with Gasteiger partial charge in [0, 0.05) is 11.5 Å². The highest BCUT2D eigenvalue weighted by Crippen LogP contribution is 2.33. The first kappa shape index (κ1) is 11.6. The Kier molecular flexibility index (Phi) is 3.02. The standard InChI is InChI=1S/C12H22N4/c1-9(2)16-10(3)14-15-11(16)12(4)5-7-13-8-6-12/h9,13H,5-8H2,1-4H3. The van der Waals surface area contributed by atoms with Gasteiger partial charge in [0.05, 0.1) is 0 Å². The van der Waals surface area contributed by atoms with Crippen LogP contribution in [-0.4, -0.2) is 27.9 Å². The lowest BCUT2D eigenvalue weighted by Gasteiger charge is -2.34. The number of hydrogen-bond donors (Lipinski definition) is 1. The molecule has 0 aromatic carbocycles. The van der Waals surface area contributed by atoms with Crippen molar-refractivity contribution in [3.05, 3.63) is 11.6 Å². The Hall–Kier alpha value is -0.900. The third-order valence-electron chi connectivity index (χ3n) is 3.63. The molecule has 1 aromatic heterocycles. The molecule has 1 saturated heterocycles. The van der Waals surface area contributed by atoms with E-state index in [4.69, 9.17) is 0 Å². The SMILES string of the molecule is Cc1nnc(C2(C)CCNCC2)n1C(C)C. The van der Waals surface area contributed by atoms with Gasteiger partial charge in [-0.25, -0.2) is 0 Å². The minimum atomic E-state index is 0.191. The second-order valence-corrected chi connectivity index (χ2v) is 5.35. The van der Waals surface area contributed by atoms with E-state index in [9.17, 15) is 0 Å². The van der Waals surface area contributed by atoms with E-state index >= 15 is 0 Å². The molecule has 1 aliphatic heterocycles. The maximum atomic E-state index is 4.42. The Morgan fingerprint density at radius 2 is 1.88 bits per heavy atom. The highest BCUT2D eigenvalue weighted by molar-refractivity contribution is 5.11. The number of nitrogens with zero attached hydrogens (tertiary/aromatic N) is 3. The van der Waals surface area contributed by atoms with E-state index in [0.29, 0.717) is 6.04 Å². The van der Waals surface area contributed by atoms with Gasteiger partial charge < -0.3 is 9.88 Å². The van der Waals surface area contributed by atoms with Gasteiger partial charge in [0.2, 0.25) is 0 Å². The van der Waals surface area contributed by atoms with Crippen molar-refractivity contribution < 1.29 is 0 Å². The molecule has 4 heteroatoms. The van der Waals surface area contributed by atoms with Crippen LogP contribution in [0.25, 0.3) is 0 Å². The number of aromatic nitrogens is 3. The molecule has 0 radical (unpaired) electrons. The molecule has 1 aromatic rings. The molecule has 1 N–H and O–H groups in total. The average molecular weight is 222 g/mol. The zero-order valence-corrected chi connectivity index (χ0v) is 10.7. The zero-order valence-electron chi connectivity index (χ0n) is 10.7. The van der Waals surface area contributed by atoms with E-state index < -0.39 is 0 Å². The van der Waals surface area contributed by atoms with Gasteiger partial charge in [-0.3, -0.25) is 0 Å². The third-order valence-corrected chi connectivity index (χ3v) is 3.63. The first-order chi connectivity index (χ1) is 7.54. The van der Waals surface area contributed by atoms with Crippen LogP contribution in [0.1, 0.15) is 51.3 Å². The molecule has 0 bridgehead atoms. The largest absolute Gasteiger partial charge is 0.317 e. The van der Waals surface area contributed by atoms with Crippen molar-refractivity contribution in [3.63, 3.8) is 0 Å². The van der Waals surface area contributed by atoms with Crippen LogP contribution in [0, 0.1) is 6.92 Å². The smallest absolute Gasteiger partial charge is 0.139 e. The fourth-order valence-electron chi connectivity index (χ4n) is 2.60. The number of aryl methyl sites for hydroxylation is 1. The van der Waals surface area contributed by atoms with Crippen LogP contribution in [-0.2, 0) is 5.41 Å². The molecular weight excluding hydrogens is 200 g/mol. The summed E-state index contributed by atoms with van der Waals surface area (Å²) < 4.78 is 2.28. The van der Waals surface area contributed by atoms with Crippen LogP contribution in [0.5, 0.6) is 0 Å². The molecule has 90 valence electrons. The number of nitrogens with one attached hydrogen (secondary N) is 1. The van der Waals surface area contributed by atoms with Gasteiger partial charge in [0.25, 0.3) is 0 Å². The molecule has 1 aliphatic rings. The van der Waals surface area contributed by atoms with Crippen LogP contribution in [0.3, 0.4) is 0 Å². The van der Waals surface area contributed by atoms with Gasteiger partial charge in [-0.1, -0.05) is 6.92 Å². The van der Waals surface area contributed by atoms with Crippen molar-refractivity contribution in [1.29, 1.82) is 0 Å². The van der Waals surface area contributed by atoms with E-state index in [2.05, 4.69) is 40.9 Å². The maximum absolute atomic E-state index is 4.42. The number of rotatable bonds is 2. The normalized spacial score (nSPS) is 20.3. The number of piperidine rings is 1. The van der Waals surface area contributed by atoms with Gasteiger partial charge in [0.1, 0.15) is 11.6 Å². The second-order valence-electron chi connectivity index (χ2n) is 5.35. The highest BCUT2D eigenvalue weighted by Gasteiger charge is 2.34. The van der Waals surface area contributed by atoms with Gasteiger partial charge in [0.15, 0.2) is 0 Å². The van der Waals surface area contributed by atoms with E-state index in [-0.39, 0.29) is 5.41 Å². The van der Waals surface area contributed by atoms with Crippen LogP contribution < -0.4 is 5.32 Å². The quantitative estimate of drug-likeness (QED) is 0.830. The Morgan fingerprint density at radius 3 is 2.44 bits per heavy atom. The fourth-order valence-corrected chi connectivity index (χ4v) is 2.60. The summed E-state index contributed by atoms with van der Waals surface area (Å²) in [6.45, 7) is 10.9. The lowest BCUT2D eigenvalue weighted by Crippen LogP contribution is -2.39. The second kappa shape index (κ2) is 4.17. The first-order valence-corrected chi connectivity index (χ1v) is 6.17. The summed E-state index contributed by atoms with van der Waals surface area (Å²) >= 11 is 0. The molecular formula is C12H22N4. The van der Waals surface area contributed by atoms with Crippen molar-refractivity contribution in [2.45, 2.75) is 52.0 Å². The highest BCUT2D eigenvalue weighted by atomic mass is 15.3. The minimum absolute atomic E-state index is 0.191. The summed E-state index contributed by atoms with van der Waals surface area (Å²) in [6, 6.07) is 0.441. The van der Waals surface area contributed by atoms with Gasteiger partial charge >= 0.3 is 0 Å². The van der Waals surface area contributed by atoms with Crippen LogP contribution in [0.2, 0.25) is 0 Å². The van der Waals surface area contributed by atoms with Gasteiger partial charge in [-0.15, -0.1) is 10.2 Å². The molecule has 0 atom stereocenters. The Bertz CT molecular complexity index is 361. The molecule has 0 aliphatic carbocycles. The summed E-state index contributed by atoms with van der Waals surface area (Å²) in [5, 5.41) is 12.1. The van der Waals surface area contributed by atoms with Crippen molar-refractivity contribution in [2.24, 2.45) is 0 Å². The molecule has 0 spiro atoms. The van der Waals surface area contributed by atoms with Crippen molar-refractivity contribution in [1.82, 2.24) is 20.1 Å². The summed E-state index contributed by atoms with van der Waals surface area (Å²) in [7, 11) is 0. The first-order valence-electron chi connectivity index (χ1n) is 6.17. The molecule has 4 nitrogen and oxygen atoms in total. The van der Waals surface area contributed by atoms with E-state index in [1.54, 1.807) is 0 Å². The lowest BCUT2D eigenvalue weighted by atomic mass is 9.80. The van der Waals surface area contributed by atoms with E-state index in [0.717, 1.165) is 31.8 Å². The zero-order chi connectivity index (χ0) is 11.8. The van der Waals surface area contributed by atoms with Gasteiger partial charge in [-0.05, 0) is 46.7 Å². The van der Waals surface area contributed by atoms with Crippen LogP contribution >= 0.6 is 0 Å². The Morgan fingerprint density at radius 1 is 1.25 bits per heavy atom. The van der Waals surface area contributed by atoms with Crippen LogP contribution in [0.15, 0.2) is 0 Å². The molecule has 1 fully saturated rings. The maximum Gasteiger partial charge on any atom is 0.139 e. The predicted octanol–water partition coefficient (Wildman–Crippen LogP) is 1.81. The molecule has 0 amide bonds. The topological polar surface area (TPSA) is 42.7 Å². The number of hydrogen-bond acceptors (Lipinski definition) is 3. The Labute approximate surface area is 97.5 Å². The molecule has 16 heavy (non-hydrogen) atoms. The average Bonchev–Trinajstić information content (AvgIpc) is 2.62. The van der Waals surface area contributed by atoms with Gasteiger partial charge in [-0.2, -0.15) is 0 Å². The summed E-state index contributed by atoms with van der Waals surface area (Å²) in [6.07, 6.45) is 2.30. The molecule has 0 saturated carbocycles. The predicted molar refractivity (Wildman–Crippen MR) is 64.6 cm³/mol. The summed E-state index contributed by atoms with van der Waals surface area (Å²) in [5.74, 6) is 2.20. The molecule has 0 unspecified atom stereocenters. The van der Waals surface area contributed by atoms with Crippen molar-refractivity contribution >= 4 is 0 Å². The van der Waals surface area contributed by atoms with E-state index in [1.165, 1.54) is 5.82 Å². The van der Waals surface area contributed by atoms with Crippen molar-refractivity contribution in [3.8, 4) is 0 Å². The van der Waals surface area contributed by atoms with Crippen molar-refractivity contribution in [2.75, 3.05) is 13.1 Å². The van der Waals surface area contributed by atoms with Crippen LogP contribution in [0.4, 0.5) is 0 Å². The fraction of sp³-hybridized carbons (Fsp3) is 0.833. The molecule has 2 heterocycles. The van der Waals surface area contributed by atoms with E-state index in [1.807, 2.05) is 6.92 Å². The minimum Gasteiger partial charge on any atom is -0.317 e. The lowest BCUT2D eigenvalue weighted by molar-refractivity contribution is 0.302. The Balaban J connectivity index is 2.38. The monoisotopic (exact) mass is 222 g/mol. The summed E-state index contributed by atoms with van der Waals surface area (Å²) in [5.41, 5.74) is 0.191. The summed E-state index contributed by atoms with van der Waals surface area (Å²) in [4.78, 5) is 0. The molecule has 2 rings (SSSR count).